The van der Waals surface area contributed by atoms with Crippen LogP contribution in [0.3, 0.4) is 0 Å². The van der Waals surface area contributed by atoms with Crippen molar-refractivity contribution in [2.75, 3.05) is 31.1 Å². The normalized spacial score (nSPS) is 14.0. The minimum Gasteiger partial charge on any atom is -0.416 e. The summed E-state index contributed by atoms with van der Waals surface area (Å²) < 4.78 is 5.67. The van der Waals surface area contributed by atoms with Crippen LogP contribution in [0.25, 0.3) is 21.9 Å². The average Bonchev–Trinajstić information content (AvgIpc) is 2.84. The maximum Gasteiger partial charge on any atom is 0.344 e. The Labute approximate surface area is 196 Å². The SMILES string of the molecule is Cc1ccc(-c2c(C(=O)N3CCN(c4cccc(Cl)c4)CC3)oc(=O)c3ccccc23)cc1. The van der Waals surface area contributed by atoms with E-state index in [1.807, 2.05) is 67.6 Å². The van der Waals surface area contributed by atoms with Gasteiger partial charge in [-0.25, -0.2) is 4.79 Å². The van der Waals surface area contributed by atoms with Gasteiger partial charge in [-0.3, -0.25) is 4.79 Å². The lowest BCUT2D eigenvalue weighted by Crippen LogP contribution is -2.49. The molecule has 0 atom stereocenters. The number of hydrogen-bond acceptors (Lipinski definition) is 4. The molecule has 0 radical (unpaired) electrons. The molecule has 166 valence electrons. The number of fused-ring (bicyclic) bond motifs is 1. The van der Waals surface area contributed by atoms with E-state index in [0.29, 0.717) is 42.2 Å². The maximum absolute atomic E-state index is 13.6. The van der Waals surface area contributed by atoms with Gasteiger partial charge in [-0.2, -0.15) is 0 Å². The number of amides is 1. The number of anilines is 1. The Kier molecular flexibility index (Phi) is 5.65. The summed E-state index contributed by atoms with van der Waals surface area (Å²) in [6.07, 6.45) is 0. The van der Waals surface area contributed by atoms with Gasteiger partial charge in [0, 0.05) is 47.8 Å². The van der Waals surface area contributed by atoms with E-state index in [0.717, 1.165) is 22.2 Å². The molecule has 2 heterocycles. The molecule has 5 rings (SSSR count). The van der Waals surface area contributed by atoms with Crippen molar-refractivity contribution < 1.29 is 9.21 Å². The summed E-state index contributed by atoms with van der Waals surface area (Å²) >= 11 is 6.14. The second-order valence-corrected chi connectivity index (χ2v) is 8.70. The van der Waals surface area contributed by atoms with Gasteiger partial charge >= 0.3 is 5.63 Å². The molecule has 3 aromatic carbocycles. The minimum absolute atomic E-state index is 0.0961. The lowest BCUT2D eigenvalue weighted by Gasteiger charge is -2.36. The molecule has 4 aromatic rings. The smallest absolute Gasteiger partial charge is 0.344 e. The predicted octanol–water partition coefficient (Wildman–Crippen LogP) is 5.38. The highest BCUT2D eigenvalue weighted by Gasteiger charge is 2.28. The van der Waals surface area contributed by atoms with Crippen LogP contribution in [0, 0.1) is 6.92 Å². The van der Waals surface area contributed by atoms with Gasteiger partial charge < -0.3 is 14.2 Å². The topological polar surface area (TPSA) is 53.8 Å². The van der Waals surface area contributed by atoms with E-state index >= 15 is 0 Å². The predicted molar refractivity (Wildman–Crippen MR) is 132 cm³/mol. The molecule has 0 aliphatic carbocycles. The Bertz CT molecular complexity index is 1390. The fourth-order valence-electron chi connectivity index (χ4n) is 4.34. The Morgan fingerprint density at radius 1 is 0.879 bits per heavy atom. The van der Waals surface area contributed by atoms with Gasteiger partial charge in [0.1, 0.15) is 0 Å². The van der Waals surface area contributed by atoms with Gasteiger partial charge in [-0.1, -0.05) is 65.7 Å². The molecule has 0 saturated carbocycles. The van der Waals surface area contributed by atoms with Crippen molar-refractivity contribution in [3.8, 4) is 11.1 Å². The van der Waals surface area contributed by atoms with Crippen molar-refractivity contribution in [2.24, 2.45) is 0 Å². The fraction of sp³-hybridized carbons (Fsp3) is 0.185. The second-order valence-electron chi connectivity index (χ2n) is 8.26. The van der Waals surface area contributed by atoms with E-state index in [9.17, 15) is 9.59 Å². The van der Waals surface area contributed by atoms with Crippen molar-refractivity contribution in [2.45, 2.75) is 6.92 Å². The number of hydrogen-bond donors (Lipinski definition) is 0. The number of aryl methyl sites for hydroxylation is 1. The minimum atomic E-state index is -0.498. The van der Waals surface area contributed by atoms with Crippen LogP contribution in [-0.2, 0) is 0 Å². The molecular formula is C27H23ClN2O3. The summed E-state index contributed by atoms with van der Waals surface area (Å²) in [7, 11) is 0. The zero-order chi connectivity index (χ0) is 22.9. The van der Waals surface area contributed by atoms with Gasteiger partial charge in [0.25, 0.3) is 5.91 Å². The number of rotatable bonds is 3. The largest absolute Gasteiger partial charge is 0.416 e. The molecule has 0 spiro atoms. The van der Waals surface area contributed by atoms with Gasteiger partial charge in [-0.15, -0.1) is 0 Å². The van der Waals surface area contributed by atoms with Gasteiger partial charge in [-0.05, 0) is 36.8 Å². The van der Waals surface area contributed by atoms with E-state index in [-0.39, 0.29) is 11.7 Å². The van der Waals surface area contributed by atoms with E-state index in [2.05, 4.69) is 4.90 Å². The van der Waals surface area contributed by atoms with E-state index in [1.165, 1.54) is 0 Å². The molecule has 5 nitrogen and oxygen atoms in total. The first-order valence-electron chi connectivity index (χ1n) is 10.9. The van der Waals surface area contributed by atoms with Crippen LogP contribution in [0.1, 0.15) is 16.1 Å². The summed E-state index contributed by atoms with van der Waals surface area (Å²) in [5, 5.41) is 1.88. The lowest BCUT2D eigenvalue weighted by molar-refractivity contribution is 0.0711. The van der Waals surface area contributed by atoms with Crippen LogP contribution < -0.4 is 10.5 Å². The number of halogens is 1. The highest BCUT2D eigenvalue weighted by atomic mass is 35.5. The van der Waals surface area contributed by atoms with Crippen molar-refractivity contribution in [3.05, 3.63) is 99.6 Å². The molecule has 1 aliphatic rings. The first-order valence-corrected chi connectivity index (χ1v) is 11.3. The van der Waals surface area contributed by atoms with Crippen LogP contribution >= 0.6 is 11.6 Å². The molecule has 1 saturated heterocycles. The second kappa shape index (κ2) is 8.75. The molecule has 33 heavy (non-hydrogen) atoms. The third kappa shape index (κ3) is 4.12. The van der Waals surface area contributed by atoms with Crippen LogP contribution in [-0.4, -0.2) is 37.0 Å². The van der Waals surface area contributed by atoms with Crippen LogP contribution in [0.15, 0.2) is 82.0 Å². The monoisotopic (exact) mass is 458 g/mol. The van der Waals surface area contributed by atoms with Gasteiger partial charge in [0.05, 0.1) is 5.39 Å². The summed E-state index contributed by atoms with van der Waals surface area (Å²) in [6, 6.07) is 22.9. The van der Waals surface area contributed by atoms with Crippen LogP contribution in [0.4, 0.5) is 5.69 Å². The highest BCUT2D eigenvalue weighted by molar-refractivity contribution is 6.30. The van der Waals surface area contributed by atoms with Crippen LogP contribution in [0.2, 0.25) is 5.02 Å². The number of carbonyl (C=O) groups is 1. The zero-order valence-corrected chi connectivity index (χ0v) is 19.0. The Balaban J connectivity index is 1.51. The Morgan fingerprint density at radius 2 is 1.58 bits per heavy atom. The lowest BCUT2D eigenvalue weighted by atomic mass is 9.97. The molecule has 0 bridgehead atoms. The molecule has 1 fully saturated rings. The van der Waals surface area contributed by atoms with Crippen molar-refractivity contribution in [3.63, 3.8) is 0 Å². The maximum atomic E-state index is 13.6. The Morgan fingerprint density at radius 3 is 2.27 bits per heavy atom. The molecular weight excluding hydrogens is 436 g/mol. The average molecular weight is 459 g/mol. The van der Waals surface area contributed by atoms with E-state index in [4.69, 9.17) is 16.0 Å². The first-order chi connectivity index (χ1) is 16.0. The molecule has 1 aliphatic heterocycles. The number of nitrogens with zero attached hydrogens (tertiary/aromatic N) is 2. The fourth-order valence-corrected chi connectivity index (χ4v) is 4.53. The first kappa shape index (κ1) is 21.3. The zero-order valence-electron chi connectivity index (χ0n) is 18.3. The number of carbonyl (C=O) groups excluding carboxylic acids is 1. The summed E-state index contributed by atoms with van der Waals surface area (Å²) in [4.78, 5) is 30.3. The molecule has 6 heteroatoms. The van der Waals surface area contributed by atoms with Crippen molar-refractivity contribution >= 4 is 34.0 Å². The third-order valence-electron chi connectivity index (χ3n) is 6.11. The van der Waals surface area contributed by atoms with Crippen molar-refractivity contribution in [1.29, 1.82) is 0 Å². The van der Waals surface area contributed by atoms with Crippen molar-refractivity contribution in [1.82, 2.24) is 4.90 Å². The van der Waals surface area contributed by atoms with E-state index in [1.54, 1.807) is 17.0 Å². The number of benzene rings is 3. The highest BCUT2D eigenvalue weighted by Crippen LogP contribution is 2.32. The summed E-state index contributed by atoms with van der Waals surface area (Å²) in [5.41, 5.74) is 3.16. The van der Waals surface area contributed by atoms with E-state index < -0.39 is 5.63 Å². The Hall–Kier alpha value is -3.57. The standard InChI is InChI=1S/C27H23ClN2O3/c1-18-9-11-19(12-10-18)24-22-7-2-3-8-23(22)27(32)33-25(24)26(31)30-15-13-29(14-16-30)21-6-4-5-20(28)17-21/h2-12,17H,13-16H2,1H3. The quantitative estimate of drug-likeness (QED) is 0.413. The molecule has 0 N–H and O–H groups in total. The third-order valence-corrected chi connectivity index (χ3v) is 6.35. The molecule has 1 aromatic heterocycles. The van der Waals surface area contributed by atoms with Gasteiger partial charge in [0.15, 0.2) is 0 Å². The molecule has 0 unspecified atom stereocenters. The molecule has 1 amide bonds. The summed E-state index contributed by atoms with van der Waals surface area (Å²) in [5.74, 6) is -0.169. The van der Waals surface area contributed by atoms with Gasteiger partial charge in [0.2, 0.25) is 5.76 Å². The number of piperazine rings is 1. The summed E-state index contributed by atoms with van der Waals surface area (Å²) in [6.45, 7) is 4.40. The van der Waals surface area contributed by atoms with Crippen LogP contribution in [0.5, 0.6) is 0 Å².